The Kier molecular flexibility index (Phi) is 7.88. The smallest absolute Gasteiger partial charge is 0.414 e. The second kappa shape index (κ2) is 11.0. The number of alkyl carbamates (subject to hydrolysis) is 1. The fourth-order valence-corrected chi connectivity index (χ4v) is 3.35. The van der Waals surface area contributed by atoms with Crippen LogP contribution in [0.3, 0.4) is 0 Å². The number of amides is 3. The molecule has 1 atom stereocenters. The van der Waals surface area contributed by atoms with Crippen LogP contribution in [0.5, 0.6) is 5.75 Å². The topological polar surface area (TPSA) is 131 Å². The van der Waals surface area contributed by atoms with Gasteiger partial charge in [0.1, 0.15) is 11.9 Å². The molecule has 0 aliphatic carbocycles. The minimum atomic E-state index is -0.945. The number of benzene rings is 3. The second-order valence-electron chi connectivity index (χ2n) is 8.43. The zero-order chi connectivity index (χ0) is 25.4. The number of nitrogens with two attached hydrogens (primary N) is 1. The number of phenolic OH excluding ortho intramolecular Hbond substituents is 1. The predicted molar refractivity (Wildman–Crippen MR) is 134 cm³/mol. The molecular weight excluding hydrogens is 446 g/mol. The van der Waals surface area contributed by atoms with E-state index in [1.165, 1.54) is 18.2 Å². The van der Waals surface area contributed by atoms with Crippen molar-refractivity contribution in [3.8, 4) is 5.75 Å². The summed E-state index contributed by atoms with van der Waals surface area (Å²) in [5, 5.41) is 14.6. The number of hydrogen-bond acceptors (Lipinski definition) is 6. The summed E-state index contributed by atoms with van der Waals surface area (Å²) in [7, 11) is 0. The van der Waals surface area contributed by atoms with Gasteiger partial charge in [-0.15, -0.1) is 0 Å². The highest BCUT2D eigenvalue weighted by Crippen LogP contribution is 2.38. The van der Waals surface area contributed by atoms with Crippen LogP contribution in [0.1, 0.15) is 35.9 Å². The molecular formula is C27H27N3O5. The molecule has 0 radical (unpaired) electrons. The molecule has 0 fully saturated rings. The summed E-state index contributed by atoms with van der Waals surface area (Å²) in [6.07, 6.45) is 1.10. The van der Waals surface area contributed by atoms with Crippen molar-refractivity contribution >= 4 is 29.3 Å². The molecule has 0 heterocycles. The van der Waals surface area contributed by atoms with Crippen LogP contribution in [-0.2, 0) is 9.53 Å². The van der Waals surface area contributed by atoms with E-state index in [0.29, 0.717) is 22.5 Å². The van der Waals surface area contributed by atoms with E-state index in [1.807, 2.05) is 0 Å². The molecule has 8 heteroatoms. The molecule has 3 aromatic carbocycles. The quantitative estimate of drug-likeness (QED) is 0.288. The Bertz CT molecular complexity index is 1220. The first-order valence-corrected chi connectivity index (χ1v) is 10.9. The van der Waals surface area contributed by atoms with Crippen LogP contribution in [0.2, 0.25) is 0 Å². The number of imide groups is 1. The molecule has 0 unspecified atom stereocenters. The first-order valence-electron chi connectivity index (χ1n) is 10.9. The maximum atomic E-state index is 12.6. The summed E-state index contributed by atoms with van der Waals surface area (Å²) in [4.78, 5) is 37.5. The third kappa shape index (κ3) is 6.94. The predicted octanol–water partition coefficient (Wildman–Crippen LogP) is 4.80. The van der Waals surface area contributed by atoms with Crippen molar-refractivity contribution in [1.82, 2.24) is 5.32 Å². The molecule has 0 saturated heterocycles. The lowest BCUT2D eigenvalue weighted by molar-refractivity contribution is -0.112. The van der Waals surface area contributed by atoms with Crippen LogP contribution >= 0.6 is 0 Å². The number of carbonyl (C=O) groups excluding carboxylic acids is 3. The summed E-state index contributed by atoms with van der Waals surface area (Å²) < 4.78 is 5.65. The van der Waals surface area contributed by atoms with Gasteiger partial charge in [0.15, 0.2) is 0 Å². The number of anilines is 2. The van der Waals surface area contributed by atoms with Crippen LogP contribution in [0.4, 0.5) is 16.2 Å². The molecule has 0 spiro atoms. The van der Waals surface area contributed by atoms with Crippen molar-refractivity contribution in [3.05, 3.63) is 102 Å². The van der Waals surface area contributed by atoms with Crippen LogP contribution < -0.4 is 16.4 Å². The van der Waals surface area contributed by atoms with Crippen molar-refractivity contribution in [2.75, 3.05) is 11.1 Å². The number of rotatable bonds is 7. The van der Waals surface area contributed by atoms with Gasteiger partial charge < -0.3 is 20.9 Å². The van der Waals surface area contributed by atoms with Crippen molar-refractivity contribution in [3.63, 3.8) is 0 Å². The molecule has 0 aromatic heterocycles. The maximum Gasteiger partial charge on any atom is 0.414 e. The standard InChI is InChI=1S/C27H27N3O5/c1-27(2,17-16-23(32)29-22-11-7-6-10-21(22)28)24(18-12-14-20(31)15-13-18)35-26(34)30-25(33)19-8-4-3-5-9-19/h3-17,24,31H,28H2,1-2H3,(H,29,32)(H,30,33,34)/b17-16+/t24-/m1/s1. The Balaban J connectivity index is 1.78. The summed E-state index contributed by atoms with van der Waals surface area (Å²) in [5.41, 5.74) is 6.76. The molecule has 3 rings (SSSR count). The van der Waals surface area contributed by atoms with Gasteiger partial charge in [-0.05, 0) is 48.0 Å². The Hall–Kier alpha value is -4.59. The minimum Gasteiger partial charge on any atom is -0.508 e. The zero-order valence-corrected chi connectivity index (χ0v) is 19.4. The third-order valence-corrected chi connectivity index (χ3v) is 5.23. The van der Waals surface area contributed by atoms with E-state index in [9.17, 15) is 19.5 Å². The first kappa shape index (κ1) is 25.0. The van der Waals surface area contributed by atoms with Crippen LogP contribution in [0.25, 0.3) is 0 Å². The number of ether oxygens (including phenoxy) is 1. The molecule has 0 aliphatic heterocycles. The van der Waals surface area contributed by atoms with Gasteiger partial charge >= 0.3 is 6.09 Å². The van der Waals surface area contributed by atoms with Gasteiger partial charge in [0.05, 0.1) is 11.4 Å². The van der Waals surface area contributed by atoms with Crippen LogP contribution in [0.15, 0.2) is 91.0 Å². The normalized spacial score (nSPS) is 12.1. The van der Waals surface area contributed by atoms with E-state index in [2.05, 4.69) is 10.6 Å². The molecule has 35 heavy (non-hydrogen) atoms. The first-order chi connectivity index (χ1) is 16.7. The van der Waals surface area contributed by atoms with E-state index >= 15 is 0 Å². The summed E-state index contributed by atoms with van der Waals surface area (Å²) in [6, 6.07) is 21.3. The number of phenols is 1. The summed E-state index contributed by atoms with van der Waals surface area (Å²) in [6.45, 7) is 3.55. The van der Waals surface area contributed by atoms with Gasteiger partial charge in [-0.25, -0.2) is 4.79 Å². The lowest BCUT2D eigenvalue weighted by atomic mass is 9.82. The number of carbonyl (C=O) groups is 3. The van der Waals surface area contributed by atoms with Gasteiger partial charge in [-0.2, -0.15) is 0 Å². The molecule has 0 bridgehead atoms. The van der Waals surface area contributed by atoms with E-state index in [-0.39, 0.29) is 5.75 Å². The number of para-hydroxylation sites is 2. The fourth-order valence-electron chi connectivity index (χ4n) is 3.35. The number of nitrogen functional groups attached to an aromatic ring is 1. The van der Waals surface area contributed by atoms with E-state index in [0.717, 1.165) is 0 Å². The fraction of sp³-hybridized carbons (Fsp3) is 0.148. The number of hydrogen-bond donors (Lipinski definition) is 4. The summed E-state index contributed by atoms with van der Waals surface area (Å²) >= 11 is 0. The van der Waals surface area contributed by atoms with Gasteiger partial charge in [0.2, 0.25) is 5.91 Å². The van der Waals surface area contributed by atoms with Crippen molar-refractivity contribution in [2.24, 2.45) is 5.41 Å². The SMILES string of the molecule is CC(C)(/C=C/C(=O)Nc1ccccc1N)[C@H](OC(=O)NC(=O)c1ccccc1)c1ccc(O)cc1. The molecule has 5 N–H and O–H groups in total. The highest BCUT2D eigenvalue weighted by molar-refractivity contribution is 6.03. The van der Waals surface area contributed by atoms with Gasteiger partial charge in [-0.1, -0.05) is 62.4 Å². The van der Waals surface area contributed by atoms with Crippen molar-refractivity contribution in [2.45, 2.75) is 20.0 Å². The zero-order valence-electron chi connectivity index (χ0n) is 19.4. The largest absolute Gasteiger partial charge is 0.508 e. The van der Waals surface area contributed by atoms with Gasteiger partial charge in [0.25, 0.3) is 5.91 Å². The lowest BCUT2D eigenvalue weighted by Crippen LogP contribution is -2.35. The molecule has 3 aromatic rings. The molecule has 180 valence electrons. The average Bonchev–Trinajstić information content (AvgIpc) is 2.84. The monoisotopic (exact) mass is 473 g/mol. The van der Waals surface area contributed by atoms with E-state index in [1.54, 1.807) is 86.7 Å². The Labute approximate surface area is 203 Å². The minimum absolute atomic E-state index is 0.0457. The Morgan fingerprint density at radius 3 is 2.23 bits per heavy atom. The highest BCUT2D eigenvalue weighted by atomic mass is 16.6. The van der Waals surface area contributed by atoms with Crippen molar-refractivity contribution in [1.29, 1.82) is 0 Å². The number of nitrogens with one attached hydrogen (secondary N) is 2. The maximum absolute atomic E-state index is 12.6. The highest BCUT2D eigenvalue weighted by Gasteiger charge is 2.33. The number of aromatic hydroxyl groups is 1. The Morgan fingerprint density at radius 1 is 0.943 bits per heavy atom. The molecule has 3 amide bonds. The third-order valence-electron chi connectivity index (χ3n) is 5.23. The Morgan fingerprint density at radius 2 is 1.57 bits per heavy atom. The van der Waals surface area contributed by atoms with E-state index < -0.39 is 29.4 Å². The van der Waals surface area contributed by atoms with Crippen LogP contribution in [-0.4, -0.2) is 23.0 Å². The van der Waals surface area contributed by atoms with Crippen molar-refractivity contribution < 1.29 is 24.2 Å². The molecule has 0 aliphatic rings. The van der Waals surface area contributed by atoms with Gasteiger partial charge in [0, 0.05) is 11.0 Å². The lowest BCUT2D eigenvalue weighted by Gasteiger charge is -2.31. The van der Waals surface area contributed by atoms with Crippen LogP contribution in [0, 0.1) is 5.41 Å². The second-order valence-corrected chi connectivity index (χ2v) is 8.43. The summed E-state index contributed by atoms with van der Waals surface area (Å²) in [5.74, 6) is -0.971. The van der Waals surface area contributed by atoms with E-state index in [4.69, 9.17) is 10.5 Å². The van der Waals surface area contributed by atoms with Gasteiger partial charge in [-0.3, -0.25) is 14.9 Å². The molecule has 0 saturated carbocycles. The molecule has 8 nitrogen and oxygen atoms in total. The average molecular weight is 474 g/mol.